The summed E-state index contributed by atoms with van der Waals surface area (Å²) >= 11 is 0. The van der Waals surface area contributed by atoms with Crippen molar-refractivity contribution in [2.24, 2.45) is 0 Å². The summed E-state index contributed by atoms with van der Waals surface area (Å²) in [5.74, 6) is 0. The number of rotatable bonds is 6. The average molecular weight is 442 g/mol. The second-order valence-electron chi connectivity index (χ2n) is 2.01. The van der Waals surface area contributed by atoms with Gasteiger partial charge in [0.15, 0.2) is 0 Å². The second kappa shape index (κ2) is 29.0. The molecule has 9 nitrogen and oxygen atoms in total. The molecule has 0 heterocycles. The SMILES string of the molecule is CCOP(O)O.CCOP(O)O.CCOP(O)O.[Fe].[Fe]. The molecule has 0 radical (unpaired) electrons. The Bertz CT molecular complexity index is 123. The standard InChI is InChI=1S/3C2H7O3P.2Fe/c3*1-2-5-6(3)4;;/h3*3-4H,2H2,1H3;;. The first-order chi connectivity index (χ1) is 8.31. The van der Waals surface area contributed by atoms with Gasteiger partial charge in [0.2, 0.25) is 0 Å². The van der Waals surface area contributed by atoms with E-state index in [1.165, 1.54) is 0 Å². The van der Waals surface area contributed by atoms with E-state index in [-0.39, 0.29) is 34.1 Å². The van der Waals surface area contributed by atoms with E-state index in [4.69, 9.17) is 29.4 Å². The summed E-state index contributed by atoms with van der Waals surface area (Å²) in [6.07, 6.45) is 0. The minimum absolute atomic E-state index is 0. The van der Waals surface area contributed by atoms with Gasteiger partial charge >= 0.3 is 25.8 Å². The number of hydrogen-bond donors (Lipinski definition) is 6. The van der Waals surface area contributed by atoms with Gasteiger partial charge in [-0.2, -0.15) is 0 Å². The predicted octanol–water partition coefficient (Wildman–Crippen LogP) is 0.698. The van der Waals surface area contributed by atoms with Gasteiger partial charge in [0.1, 0.15) is 0 Å². The van der Waals surface area contributed by atoms with Crippen molar-refractivity contribution in [2.45, 2.75) is 20.8 Å². The molecule has 0 spiro atoms. The summed E-state index contributed by atoms with van der Waals surface area (Å²) < 4.78 is 12.7. The predicted molar refractivity (Wildman–Crippen MR) is 69.0 cm³/mol. The monoisotopic (exact) mass is 442 g/mol. The third-order valence-corrected chi connectivity index (χ3v) is 2.20. The van der Waals surface area contributed by atoms with E-state index in [0.717, 1.165) is 0 Å². The smallest absolute Gasteiger partial charge is 0.327 e. The molecule has 14 heteroatoms. The molecule has 0 unspecified atom stereocenters. The molecule has 0 amide bonds. The first-order valence-electron chi connectivity index (χ1n) is 4.74. The average Bonchev–Trinajstić information content (AvgIpc) is 2.18. The van der Waals surface area contributed by atoms with Gasteiger partial charge in [-0.25, -0.2) is 0 Å². The summed E-state index contributed by atoms with van der Waals surface area (Å²) in [6.45, 7) is 6.17. The van der Waals surface area contributed by atoms with Crippen molar-refractivity contribution in [1.82, 2.24) is 0 Å². The third-order valence-electron chi connectivity index (χ3n) is 0.734. The largest absolute Gasteiger partial charge is 0.328 e. The van der Waals surface area contributed by atoms with Gasteiger partial charge < -0.3 is 42.9 Å². The van der Waals surface area contributed by atoms with Crippen molar-refractivity contribution in [3.63, 3.8) is 0 Å². The van der Waals surface area contributed by atoms with Gasteiger partial charge in [-0.05, 0) is 20.8 Å². The molecule has 0 fully saturated rings. The first kappa shape index (κ1) is 33.5. The molecule has 0 rings (SSSR count). The van der Waals surface area contributed by atoms with Crippen molar-refractivity contribution in [3.8, 4) is 0 Å². The molecule has 0 saturated carbocycles. The Labute approximate surface area is 143 Å². The Kier molecular flexibility index (Phi) is 48.7. The maximum atomic E-state index is 7.95. The fourth-order valence-electron chi connectivity index (χ4n) is 0.346. The quantitative estimate of drug-likeness (QED) is 0.258. The fraction of sp³-hybridized carbons (Fsp3) is 1.00. The van der Waals surface area contributed by atoms with E-state index < -0.39 is 25.8 Å². The van der Waals surface area contributed by atoms with E-state index in [1.54, 1.807) is 20.8 Å². The fourth-order valence-corrected chi connectivity index (χ4v) is 1.04. The van der Waals surface area contributed by atoms with Gasteiger partial charge in [-0.3, -0.25) is 0 Å². The maximum Gasteiger partial charge on any atom is 0.327 e. The zero-order valence-electron chi connectivity index (χ0n) is 11.1. The van der Waals surface area contributed by atoms with E-state index >= 15 is 0 Å². The van der Waals surface area contributed by atoms with Crippen molar-refractivity contribution >= 4 is 25.8 Å². The Morgan fingerprint density at radius 2 is 0.700 bits per heavy atom. The summed E-state index contributed by atoms with van der Waals surface area (Å²) in [5.41, 5.74) is 0. The van der Waals surface area contributed by atoms with Gasteiger partial charge in [-0.15, -0.1) is 0 Å². The minimum Gasteiger partial charge on any atom is -0.328 e. The molecule has 0 bridgehead atoms. The molecule has 0 aliphatic carbocycles. The van der Waals surface area contributed by atoms with Crippen LogP contribution >= 0.6 is 25.8 Å². The first-order valence-corrected chi connectivity index (χ1v) is 8.23. The molecular formula is C6H21Fe2O9P3. The van der Waals surface area contributed by atoms with Crippen LogP contribution in [0.1, 0.15) is 20.8 Å². The molecule has 0 atom stereocenters. The summed E-state index contributed by atoms with van der Waals surface area (Å²) in [7, 11) is -6.30. The molecule has 0 aliphatic rings. The van der Waals surface area contributed by atoms with Crippen molar-refractivity contribution in [2.75, 3.05) is 19.8 Å². The summed E-state index contributed by atoms with van der Waals surface area (Å²) in [4.78, 5) is 47.7. The topological polar surface area (TPSA) is 149 Å². The molecule has 0 aromatic rings. The Morgan fingerprint density at radius 3 is 0.700 bits per heavy atom. The minimum atomic E-state index is -2.10. The molecule has 130 valence electrons. The summed E-state index contributed by atoms with van der Waals surface area (Å²) in [5, 5.41) is 0. The van der Waals surface area contributed by atoms with Crippen molar-refractivity contribution in [1.29, 1.82) is 0 Å². The molecule has 0 aliphatic heterocycles. The van der Waals surface area contributed by atoms with Gasteiger partial charge in [-0.1, -0.05) is 0 Å². The summed E-state index contributed by atoms with van der Waals surface area (Å²) in [6, 6.07) is 0. The third kappa shape index (κ3) is 59.7. The zero-order chi connectivity index (χ0) is 15.0. The van der Waals surface area contributed by atoms with Crippen LogP contribution in [0.2, 0.25) is 0 Å². The van der Waals surface area contributed by atoms with Crippen molar-refractivity contribution in [3.05, 3.63) is 0 Å². The van der Waals surface area contributed by atoms with E-state index in [0.29, 0.717) is 19.8 Å². The van der Waals surface area contributed by atoms with Crippen LogP contribution in [0.5, 0.6) is 0 Å². The van der Waals surface area contributed by atoms with Gasteiger partial charge in [0, 0.05) is 34.1 Å². The van der Waals surface area contributed by atoms with Crippen LogP contribution in [-0.4, -0.2) is 49.2 Å². The van der Waals surface area contributed by atoms with Crippen LogP contribution in [0.3, 0.4) is 0 Å². The molecule has 0 aromatic heterocycles. The van der Waals surface area contributed by atoms with E-state index in [2.05, 4.69) is 13.6 Å². The maximum absolute atomic E-state index is 7.95. The molecular weight excluding hydrogens is 421 g/mol. The zero-order valence-corrected chi connectivity index (χ0v) is 16.0. The van der Waals surface area contributed by atoms with Crippen LogP contribution in [0.25, 0.3) is 0 Å². The molecule has 20 heavy (non-hydrogen) atoms. The molecule has 0 saturated heterocycles. The van der Waals surface area contributed by atoms with Gasteiger partial charge in [0.25, 0.3) is 0 Å². The van der Waals surface area contributed by atoms with Crippen molar-refractivity contribution < 1.29 is 77.1 Å². The number of hydrogen-bond acceptors (Lipinski definition) is 9. The second-order valence-corrected chi connectivity index (χ2v) is 4.30. The van der Waals surface area contributed by atoms with Crippen LogP contribution in [-0.2, 0) is 47.7 Å². The van der Waals surface area contributed by atoms with Crippen LogP contribution in [0.15, 0.2) is 0 Å². The van der Waals surface area contributed by atoms with Crippen LogP contribution in [0, 0.1) is 0 Å². The normalized spacial score (nSPS) is 9.00. The van der Waals surface area contributed by atoms with E-state index in [1.807, 2.05) is 0 Å². The molecule has 6 N–H and O–H groups in total. The van der Waals surface area contributed by atoms with Crippen LogP contribution < -0.4 is 0 Å². The Hall–Kier alpha value is 1.97. The Morgan fingerprint density at radius 1 is 0.550 bits per heavy atom. The van der Waals surface area contributed by atoms with Gasteiger partial charge in [0.05, 0.1) is 19.8 Å². The molecule has 0 aromatic carbocycles. The van der Waals surface area contributed by atoms with E-state index in [9.17, 15) is 0 Å². The Balaban J connectivity index is -0.0000000536. The van der Waals surface area contributed by atoms with Crippen LogP contribution in [0.4, 0.5) is 0 Å².